The lowest BCUT2D eigenvalue weighted by Crippen LogP contribution is -2.23. The summed E-state index contributed by atoms with van der Waals surface area (Å²) in [7, 11) is 1.67. The number of tetrazole rings is 1. The molecule has 6 heteroatoms. The Morgan fingerprint density at radius 3 is 2.67 bits per heavy atom. The standard InChI is InChI=1S/C12H15N5O/c1-17-15-12(14-16-17)7-11(18)10(8-13)9-5-3-2-4-6-9/h2-6,10H,7-8,13H2,1H3. The van der Waals surface area contributed by atoms with Gasteiger partial charge in [-0.2, -0.15) is 4.80 Å². The minimum absolute atomic E-state index is 0.0108. The van der Waals surface area contributed by atoms with Crippen LogP contribution in [0.2, 0.25) is 0 Å². The highest BCUT2D eigenvalue weighted by atomic mass is 16.1. The van der Waals surface area contributed by atoms with E-state index in [1.165, 1.54) is 4.80 Å². The molecule has 6 nitrogen and oxygen atoms in total. The number of aromatic nitrogens is 4. The lowest BCUT2D eigenvalue weighted by molar-refractivity contribution is -0.119. The minimum Gasteiger partial charge on any atom is -0.329 e. The fraction of sp³-hybridized carbons (Fsp3) is 0.333. The molecule has 0 spiro atoms. The molecule has 0 fully saturated rings. The zero-order valence-corrected chi connectivity index (χ0v) is 10.2. The predicted octanol–water partition coefficient (Wildman–Crippen LogP) is 0.0642. The zero-order chi connectivity index (χ0) is 13.0. The van der Waals surface area contributed by atoms with Crippen LogP contribution in [0.3, 0.4) is 0 Å². The molecular weight excluding hydrogens is 230 g/mol. The van der Waals surface area contributed by atoms with E-state index < -0.39 is 0 Å². The van der Waals surface area contributed by atoms with Gasteiger partial charge in [0.15, 0.2) is 5.82 Å². The SMILES string of the molecule is Cn1nnc(CC(=O)C(CN)c2ccccc2)n1. The van der Waals surface area contributed by atoms with Crippen molar-refractivity contribution in [1.29, 1.82) is 0 Å². The van der Waals surface area contributed by atoms with Crippen molar-refractivity contribution in [3.05, 3.63) is 41.7 Å². The van der Waals surface area contributed by atoms with Crippen LogP contribution in [0.5, 0.6) is 0 Å². The summed E-state index contributed by atoms with van der Waals surface area (Å²) in [5, 5.41) is 11.5. The van der Waals surface area contributed by atoms with Gasteiger partial charge in [0.05, 0.1) is 19.4 Å². The largest absolute Gasteiger partial charge is 0.329 e. The molecule has 0 saturated carbocycles. The van der Waals surface area contributed by atoms with Gasteiger partial charge in [0.2, 0.25) is 0 Å². The number of Topliss-reactive ketones (excluding diaryl/α,β-unsaturated/α-hetero) is 1. The van der Waals surface area contributed by atoms with Gasteiger partial charge in [-0.25, -0.2) is 0 Å². The third-order valence-corrected chi connectivity index (χ3v) is 2.71. The first-order valence-corrected chi connectivity index (χ1v) is 5.71. The maximum atomic E-state index is 12.2. The molecule has 0 saturated heterocycles. The summed E-state index contributed by atoms with van der Waals surface area (Å²) in [6.45, 7) is 0.281. The molecule has 1 heterocycles. The first kappa shape index (κ1) is 12.4. The second kappa shape index (κ2) is 5.50. The number of nitrogens with zero attached hydrogens (tertiary/aromatic N) is 4. The molecular formula is C12H15N5O. The van der Waals surface area contributed by atoms with E-state index in [2.05, 4.69) is 15.4 Å². The molecule has 18 heavy (non-hydrogen) atoms. The average Bonchev–Trinajstić information content (AvgIpc) is 2.77. The van der Waals surface area contributed by atoms with Crippen LogP contribution in [-0.2, 0) is 18.3 Å². The Labute approximate surface area is 105 Å². The van der Waals surface area contributed by atoms with Crippen molar-refractivity contribution in [3.63, 3.8) is 0 Å². The predicted molar refractivity (Wildman–Crippen MR) is 65.7 cm³/mol. The minimum atomic E-state index is -0.310. The highest BCUT2D eigenvalue weighted by Crippen LogP contribution is 2.16. The van der Waals surface area contributed by atoms with Crippen LogP contribution in [0.4, 0.5) is 0 Å². The number of aryl methyl sites for hydroxylation is 1. The van der Waals surface area contributed by atoms with Crippen molar-refractivity contribution in [2.45, 2.75) is 12.3 Å². The Morgan fingerprint density at radius 2 is 2.11 bits per heavy atom. The molecule has 2 rings (SSSR count). The van der Waals surface area contributed by atoms with Crippen LogP contribution in [0.15, 0.2) is 30.3 Å². The van der Waals surface area contributed by atoms with Gasteiger partial charge in [0.25, 0.3) is 0 Å². The summed E-state index contributed by atoms with van der Waals surface area (Å²) in [4.78, 5) is 13.5. The summed E-state index contributed by atoms with van der Waals surface area (Å²) in [5.41, 5.74) is 6.61. The highest BCUT2D eigenvalue weighted by molar-refractivity contribution is 5.87. The Bertz CT molecular complexity index is 522. The van der Waals surface area contributed by atoms with Crippen LogP contribution in [-0.4, -0.2) is 32.5 Å². The van der Waals surface area contributed by atoms with Crippen molar-refractivity contribution in [1.82, 2.24) is 20.2 Å². The highest BCUT2D eigenvalue weighted by Gasteiger charge is 2.20. The van der Waals surface area contributed by atoms with Gasteiger partial charge in [-0.05, 0) is 10.8 Å². The number of hydrogen-bond donors (Lipinski definition) is 1. The van der Waals surface area contributed by atoms with E-state index in [4.69, 9.17) is 5.73 Å². The molecule has 0 radical (unpaired) electrons. The third-order valence-electron chi connectivity index (χ3n) is 2.71. The topological polar surface area (TPSA) is 86.7 Å². The van der Waals surface area contributed by atoms with Gasteiger partial charge < -0.3 is 5.73 Å². The Balaban J connectivity index is 2.11. The molecule has 1 aromatic carbocycles. The van der Waals surface area contributed by atoms with E-state index in [-0.39, 0.29) is 24.7 Å². The first-order chi connectivity index (χ1) is 8.70. The molecule has 0 aliphatic rings. The number of ketones is 1. The molecule has 0 amide bonds. The molecule has 0 bridgehead atoms. The second-order valence-electron chi connectivity index (χ2n) is 4.04. The smallest absolute Gasteiger partial charge is 0.182 e. The van der Waals surface area contributed by atoms with E-state index >= 15 is 0 Å². The van der Waals surface area contributed by atoms with Crippen molar-refractivity contribution in [2.75, 3.05) is 6.54 Å². The van der Waals surface area contributed by atoms with Gasteiger partial charge in [0.1, 0.15) is 5.78 Å². The fourth-order valence-electron chi connectivity index (χ4n) is 1.81. The summed E-state index contributed by atoms with van der Waals surface area (Å²) in [5.74, 6) is 0.128. The molecule has 1 unspecified atom stereocenters. The Hall–Kier alpha value is -2.08. The van der Waals surface area contributed by atoms with Crippen LogP contribution in [0, 0.1) is 0 Å². The Kier molecular flexibility index (Phi) is 3.78. The van der Waals surface area contributed by atoms with Gasteiger partial charge in [-0.1, -0.05) is 30.3 Å². The van der Waals surface area contributed by atoms with Crippen molar-refractivity contribution < 1.29 is 4.79 Å². The molecule has 2 N–H and O–H groups in total. The zero-order valence-electron chi connectivity index (χ0n) is 10.2. The van der Waals surface area contributed by atoms with E-state index in [0.29, 0.717) is 5.82 Å². The van der Waals surface area contributed by atoms with E-state index in [0.717, 1.165) is 5.56 Å². The van der Waals surface area contributed by atoms with Crippen LogP contribution in [0.25, 0.3) is 0 Å². The molecule has 94 valence electrons. The third kappa shape index (κ3) is 2.78. The van der Waals surface area contributed by atoms with Gasteiger partial charge in [0, 0.05) is 6.54 Å². The molecule has 1 atom stereocenters. The summed E-state index contributed by atoms with van der Waals surface area (Å²) < 4.78 is 0. The number of carbonyl (C=O) groups is 1. The summed E-state index contributed by atoms with van der Waals surface area (Å²) in [6.07, 6.45) is 0.157. The average molecular weight is 245 g/mol. The molecule has 0 aliphatic carbocycles. The fourth-order valence-corrected chi connectivity index (χ4v) is 1.81. The number of rotatable bonds is 5. The van der Waals surface area contributed by atoms with E-state index in [1.54, 1.807) is 7.05 Å². The van der Waals surface area contributed by atoms with Crippen molar-refractivity contribution in [2.24, 2.45) is 12.8 Å². The lowest BCUT2D eigenvalue weighted by Gasteiger charge is -2.12. The second-order valence-corrected chi connectivity index (χ2v) is 4.04. The number of carbonyl (C=O) groups excluding carboxylic acids is 1. The van der Waals surface area contributed by atoms with Crippen LogP contribution >= 0.6 is 0 Å². The van der Waals surface area contributed by atoms with Crippen molar-refractivity contribution >= 4 is 5.78 Å². The maximum Gasteiger partial charge on any atom is 0.182 e. The monoisotopic (exact) mass is 245 g/mol. The Morgan fingerprint density at radius 1 is 1.39 bits per heavy atom. The summed E-state index contributed by atoms with van der Waals surface area (Å²) in [6, 6.07) is 9.50. The van der Waals surface area contributed by atoms with E-state index in [9.17, 15) is 4.79 Å². The molecule has 1 aromatic heterocycles. The maximum absolute atomic E-state index is 12.2. The lowest BCUT2D eigenvalue weighted by atomic mass is 9.93. The quantitative estimate of drug-likeness (QED) is 0.805. The molecule has 2 aromatic rings. The van der Waals surface area contributed by atoms with Gasteiger partial charge in [-0.3, -0.25) is 4.79 Å². The van der Waals surface area contributed by atoms with Crippen molar-refractivity contribution in [3.8, 4) is 0 Å². The van der Waals surface area contributed by atoms with E-state index in [1.807, 2.05) is 30.3 Å². The number of nitrogens with two attached hydrogens (primary N) is 1. The van der Waals surface area contributed by atoms with Gasteiger partial charge >= 0.3 is 0 Å². The normalized spacial score (nSPS) is 12.3. The summed E-state index contributed by atoms with van der Waals surface area (Å²) >= 11 is 0. The molecule has 0 aliphatic heterocycles. The number of benzene rings is 1. The first-order valence-electron chi connectivity index (χ1n) is 5.71. The van der Waals surface area contributed by atoms with Crippen LogP contribution < -0.4 is 5.73 Å². The van der Waals surface area contributed by atoms with Crippen LogP contribution in [0.1, 0.15) is 17.3 Å². The number of hydrogen-bond acceptors (Lipinski definition) is 5. The van der Waals surface area contributed by atoms with Gasteiger partial charge in [-0.15, -0.1) is 10.2 Å².